The van der Waals surface area contributed by atoms with Gasteiger partial charge in [0.05, 0.1) is 0 Å². The number of aromatic hydroxyl groups is 1. The fourth-order valence-electron chi connectivity index (χ4n) is 2.43. The SMILES string of the molecule is Cc1ccc(-c2ccc(/C=C(\C#N)C(=O)Nc3ccc(O)cc3)o2)c(Br)c1. The molecule has 0 aliphatic heterocycles. The largest absolute Gasteiger partial charge is 0.508 e. The van der Waals surface area contributed by atoms with Crippen molar-refractivity contribution in [3.8, 4) is 23.1 Å². The zero-order valence-electron chi connectivity index (χ0n) is 14.4. The van der Waals surface area contributed by atoms with Gasteiger partial charge < -0.3 is 14.8 Å². The van der Waals surface area contributed by atoms with Gasteiger partial charge in [-0.1, -0.05) is 22.0 Å². The number of aryl methyl sites for hydroxylation is 1. The monoisotopic (exact) mass is 422 g/mol. The van der Waals surface area contributed by atoms with Gasteiger partial charge in [-0.2, -0.15) is 5.26 Å². The number of furan rings is 1. The van der Waals surface area contributed by atoms with Gasteiger partial charge in [-0.25, -0.2) is 0 Å². The summed E-state index contributed by atoms with van der Waals surface area (Å²) in [4.78, 5) is 12.3. The highest BCUT2D eigenvalue weighted by Gasteiger charge is 2.12. The summed E-state index contributed by atoms with van der Waals surface area (Å²) in [6.45, 7) is 2.00. The van der Waals surface area contributed by atoms with E-state index in [4.69, 9.17) is 4.42 Å². The Morgan fingerprint density at radius 2 is 1.93 bits per heavy atom. The Morgan fingerprint density at radius 1 is 1.19 bits per heavy atom. The highest BCUT2D eigenvalue weighted by molar-refractivity contribution is 9.10. The number of anilines is 1. The number of nitrogens with one attached hydrogen (secondary N) is 1. The van der Waals surface area contributed by atoms with E-state index in [1.54, 1.807) is 24.3 Å². The molecular weight excluding hydrogens is 408 g/mol. The molecule has 1 aromatic heterocycles. The minimum Gasteiger partial charge on any atom is -0.508 e. The highest BCUT2D eigenvalue weighted by Crippen LogP contribution is 2.31. The van der Waals surface area contributed by atoms with Gasteiger partial charge in [0.15, 0.2) is 0 Å². The van der Waals surface area contributed by atoms with Crippen LogP contribution in [0.1, 0.15) is 11.3 Å². The maximum absolute atomic E-state index is 12.3. The maximum atomic E-state index is 12.3. The van der Waals surface area contributed by atoms with Gasteiger partial charge in [-0.15, -0.1) is 0 Å². The van der Waals surface area contributed by atoms with Crippen molar-refractivity contribution < 1.29 is 14.3 Å². The van der Waals surface area contributed by atoms with Crippen LogP contribution in [0.3, 0.4) is 0 Å². The average Bonchev–Trinajstić information content (AvgIpc) is 3.09. The van der Waals surface area contributed by atoms with E-state index >= 15 is 0 Å². The van der Waals surface area contributed by atoms with Crippen LogP contribution in [0.4, 0.5) is 5.69 Å². The standard InChI is InChI=1S/C21H15BrN2O3/c1-13-2-8-18(19(22)10-13)20-9-7-17(27-20)11-14(12-23)21(26)24-15-3-5-16(25)6-4-15/h2-11,25H,1H3,(H,24,26)/b14-11+. The third-order valence-corrected chi connectivity index (χ3v) is 4.45. The number of halogens is 1. The number of carbonyl (C=O) groups is 1. The molecule has 0 atom stereocenters. The average molecular weight is 423 g/mol. The molecule has 3 rings (SSSR count). The quantitative estimate of drug-likeness (QED) is 0.340. The van der Waals surface area contributed by atoms with Gasteiger partial charge in [0, 0.05) is 21.8 Å². The van der Waals surface area contributed by atoms with Crippen molar-refractivity contribution in [2.75, 3.05) is 5.32 Å². The normalized spacial score (nSPS) is 11.1. The molecule has 0 saturated heterocycles. The molecule has 0 spiro atoms. The molecule has 2 aromatic carbocycles. The number of rotatable bonds is 4. The smallest absolute Gasteiger partial charge is 0.266 e. The van der Waals surface area contributed by atoms with Gasteiger partial charge in [-0.3, -0.25) is 4.79 Å². The molecule has 3 aromatic rings. The van der Waals surface area contributed by atoms with Crippen molar-refractivity contribution in [1.29, 1.82) is 5.26 Å². The zero-order valence-corrected chi connectivity index (χ0v) is 15.9. The molecule has 5 nitrogen and oxygen atoms in total. The first kappa shape index (κ1) is 18.5. The van der Waals surface area contributed by atoms with E-state index < -0.39 is 5.91 Å². The lowest BCUT2D eigenvalue weighted by Gasteiger charge is -2.04. The van der Waals surface area contributed by atoms with Gasteiger partial charge in [0.1, 0.15) is 28.9 Å². The van der Waals surface area contributed by atoms with Gasteiger partial charge in [0.25, 0.3) is 5.91 Å². The number of nitriles is 1. The van der Waals surface area contributed by atoms with E-state index in [9.17, 15) is 15.2 Å². The number of phenols is 1. The summed E-state index contributed by atoms with van der Waals surface area (Å²) in [5, 5.41) is 21.2. The van der Waals surface area contributed by atoms with Crippen LogP contribution >= 0.6 is 15.9 Å². The third-order valence-electron chi connectivity index (χ3n) is 3.79. The summed E-state index contributed by atoms with van der Waals surface area (Å²) in [6, 6.07) is 17.3. The van der Waals surface area contributed by atoms with Crippen LogP contribution in [-0.4, -0.2) is 11.0 Å². The van der Waals surface area contributed by atoms with Crippen LogP contribution in [0.5, 0.6) is 5.75 Å². The summed E-state index contributed by atoms with van der Waals surface area (Å²) in [6.07, 6.45) is 1.39. The number of amides is 1. The fraction of sp³-hybridized carbons (Fsp3) is 0.0476. The number of nitrogens with zero attached hydrogens (tertiary/aromatic N) is 1. The van der Waals surface area contributed by atoms with Crippen LogP contribution in [0.2, 0.25) is 0 Å². The summed E-state index contributed by atoms with van der Waals surface area (Å²) in [7, 11) is 0. The topological polar surface area (TPSA) is 86.3 Å². The Hall–Kier alpha value is -3.30. The Balaban J connectivity index is 1.82. The number of hydrogen-bond acceptors (Lipinski definition) is 4. The molecule has 1 amide bonds. The molecule has 1 heterocycles. The van der Waals surface area contributed by atoms with Crippen LogP contribution in [0.25, 0.3) is 17.4 Å². The number of hydrogen-bond donors (Lipinski definition) is 2. The number of benzene rings is 2. The van der Waals surface area contributed by atoms with E-state index in [2.05, 4.69) is 21.2 Å². The molecule has 0 fully saturated rings. The van der Waals surface area contributed by atoms with Crippen molar-refractivity contribution in [2.45, 2.75) is 6.92 Å². The van der Waals surface area contributed by atoms with Crippen molar-refractivity contribution in [1.82, 2.24) is 0 Å². The molecular formula is C21H15BrN2O3. The Morgan fingerprint density at radius 3 is 2.59 bits per heavy atom. The fourth-order valence-corrected chi connectivity index (χ4v) is 3.12. The van der Waals surface area contributed by atoms with Crippen LogP contribution in [0.15, 0.2) is 69.1 Å². The number of carbonyl (C=O) groups excluding carboxylic acids is 1. The summed E-state index contributed by atoms with van der Waals surface area (Å²) < 4.78 is 6.67. The van der Waals surface area contributed by atoms with Crippen molar-refractivity contribution >= 4 is 33.6 Å². The Labute approximate surface area is 164 Å². The van der Waals surface area contributed by atoms with Crippen LogP contribution in [-0.2, 0) is 4.79 Å². The van der Waals surface area contributed by atoms with Gasteiger partial charge in [-0.05, 0) is 61.0 Å². The van der Waals surface area contributed by atoms with E-state index in [0.29, 0.717) is 17.2 Å². The Bertz CT molecular complexity index is 1060. The first-order chi connectivity index (χ1) is 13.0. The lowest BCUT2D eigenvalue weighted by atomic mass is 10.1. The second kappa shape index (κ2) is 7.94. The number of phenolic OH excluding ortho intramolecular Hbond substituents is 1. The lowest BCUT2D eigenvalue weighted by molar-refractivity contribution is -0.112. The first-order valence-corrected chi connectivity index (χ1v) is 8.84. The van der Waals surface area contributed by atoms with Crippen molar-refractivity contribution in [2.24, 2.45) is 0 Å². The predicted octanol–water partition coefficient (Wildman–Crippen LogP) is 5.27. The minimum atomic E-state index is -0.558. The highest BCUT2D eigenvalue weighted by atomic mass is 79.9. The molecule has 27 heavy (non-hydrogen) atoms. The minimum absolute atomic E-state index is 0.0908. The second-order valence-corrected chi connectivity index (χ2v) is 6.71. The maximum Gasteiger partial charge on any atom is 0.266 e. The molecule has 0 aliphatic rings. The van der Waals surface area contributed by atoms with Crippen LogP contribution < -0.4 is 5.32 Å². The molecule has 6 heteroatoms. The summed E-state index contributed by atoms with van der Waals surface area (Å²) in [5.41, 5.74) is 2.39. The van der Waals surface area contributed by atoms with Crippen molar-refractivity contribution in [3.63, 3.8) is 0 Å². The molecule has 0 radical (unpaired) electrons. The first-order valence-electron chi connectivity index (χ1n) is 8.05. The van der Waals surface area contributed by atoms with Gasteiger partial charge in [0.2, 0.25) is 0 Å². The molecule has 0 aliphatic carbocycles. The summed E-state index contributed by atoms with van der Waals surface area (Å²) >= 11 is 3.51. The predicted molar refractivity (Wildman–Crippen MR) is 107 cm³/mol. The second-order valence-electron chi connectivity index (χ2n) is 5.86. The van der Waals surface area contributed by atoms with Crippen LogP contribution in [0, 0.1) is 18.3 Å². The molecule has 2 N–H and O–H groups in total. The summed E-state index contributed by atoms with van der Waals surface area (Å²) in [5.74, 6) is 0.561. The third kappa shape index (κ3) is 4.46. The van der Waals surface area contributed by atoms with E-state index in [-0.39, 0.29) is 11.3 Å². The molecule has 134 valence electrons. The van der Waals surface area contributed by atoms with E-state index in [0.717, 1.165) is 15.6 Å². The van der Waals surface area contributed by atoms with Gasteiger partial charge >= 0.3 is 0 Å². The Kier molecular flexibility index (Phi) is 5.43. The molecule has 0 saturated carbocycles. The van der Waals surface area contributed by atoms with E-state index in [1.807, 2.05) is 31.2 Å². The zero-order chi connectivity index (χ0) is 19.4. The van der Waals surface area contributed by atoms with Crippen molar-refractivity contribution in [3.05, 3.63) is 76.0 Å². The lowest BCUT2D eigenvalue weighted by Crippen LogP contribution is -2.13. The van der Waals surface area contributed by atoms with E-state index in [1.165, 1.54) is 18.2 Å². The molecule has 0 bridgehead atoms. The molecule has 0 unspecified atom stereocenters.